The van der Waals surface area contributed by atoms with Gasteiger partial charge in [0, 0.05) is 57.3 Å². The third-order valence-corrected chi connectivity index (χ3v) is 5.59. The van der Waals surface area contributed by atoms with Crippen LogP contribution in [-0.4, -0.2) is 74.0 Å². The number of piperidine rings is 1. The third kappa shape index (κ3) is 6.50. The first kappa shape index (κ1) is 24.8. The van der Waals surface area contributed by atoms with E-state index in [-0.39, 0.29) is 53.4 Å². The Morgan fingerprint density at radius 1 is 1.20 bits per heavy atom. The van der Waals surface area contributed by atoms with E-state index in [1.807, 2.05) is 6.92 Å². The second-order valence-electron chi connectivity index (χ2n) is 8.03. The molecule has 1 amide bonds. The molecular weight excluding hydrogens is 503 g/mol. The Hall–Kier alpha value is -1.49. The first-order valence-corrected chi connectivity index (χ1v) is 10.3. The first-order valence-electron chi connectivity index (χ1n) is 10.3. The van der Waals surface area contributed by atoms with Gasteiger partial charge in [0.25, 0.3) is 0 Å². The van der Waals surface area contributed by atoms with Crippen LogP contribution in [0.1, 0.15) is 37.7 Å². The molecule has 9 heteroatoms. The number of carbonyl (C=O) groups excluding carboxylic acids is 1. The summed E-state index contributed by atoms with van der Waals surface area (Å²) in [5.74, 6) is -0.327. The lowest BCUT2D eigenvalue weighted by Gasteiger charge is -2.33. The van der Waals surface area contributed by atoms with E-state index in [4.69, 9.17) is 0 Å². The molecule has 0 radical (unpaired) electrons. The van der Waals surface area contributed by atoms with Crippen molar-refractivity contribution in [1.29, 1.82) is 0 Å². The number of amides is 1. The Bertz CT molecular complexity index is 733. The number of aliphatic imine (C=N–C) groups is 1. The lowest BCUT2D eigenvalue weighted by molar-refractivity contribution is -0.130. The summed E-state index contributed by atoms with van der Waals surface area (Å²) in [5, 5.41) is 6.79. The van der Waals surface area contributed by atoms with Crippen molar-refractivity contribution in [3.8, 4) is 0 Å². The topological polar surface area (TPSA) is 60.0 Å². The summed E-state index contributed by atoms with van der Waals surface area (Å²) in [7, 11) is 3.54. The van der Waals surface area contributed by atoms with Gasteiger partial charge in [-0.15, -0.1) is 24.0 Å². The van der Waals surface area contributed by atoms with E-state index >= 15 is 0 Å². The van der Waals surface area contributed by atoms with Gasteiger partial charge in [-0.2, -0.15) is 0 Å². The average molecular weight is 535 g/mol. The van der Waals surface area contributed by atoms with Crippen molar-refractivity contribution in [3.05, 3.63) is 35.4 Å². The van der Waals surface area contributed by atoms with Gasteiger partial charge in [-0.05, 0) is 38.3 Å². The zero-order valence-electron chi connectivity index (χ0n) is 17.8. The number of hydrogen-bond acceptors (Lipinski definition) is 3. The van der Waals surface area contributed by atoms with Crippen molar-refractivity contribution in [1.82, 2.24) is 20.4 Å². The molecule has 6 nitrogen and oxygen atoms in total. The first-order chi connectivity index (χ1) is 13.9. The number of rotatable bonds is 6. The molecule has 3 rings (SSSR count). The predicted octanol–water partition coefficient (Wildman–Crippen LogP) is 2.55. The second kappa shape index (κ2) is 11.2. The van der Waals surface area contributed by atoms with Crippen LogP contribution in [0.25, 0.3) is 0 Å². The number of hydrogen-bond donors (Lipinski definition) is 2. The van der Waals surface area contributed by atoms with E-state index in [2.05, 4.69) is 20.5 Å². The van der Waals surface area contributed by atoms with Gasteiger partial charge in [0.1, 0.15) is 11.6 Å². The molecule has 2 unspecified atom stereocenters. The number of guanidine groups is 1. The number of nitrogens with zero attached hydrogens (tertiary/aromatic N) is 3. The molecular formula is C21H32F2IN5O. The fourth-order valence-corrected chi connectivity index (χ4v) is 3.77. The summed E-state index contributed by atoms with van der Waals surface area (Å²) in [4.78, 5) is 20.1. The van der Waals surface area contributed by atoms with Crippen molar-refractivity contribution < 1.29 is 13.6 Å². The molecule has 168 valence electrons. The van der Waals surface area contributed by atoms with E-state index in [9.17, 15) is 13.6 Å². The van der Waals surface area contributed by atoms with Crippen molar-refractivity contribution in [3.63, 3.8) is 0 Å². The number of nitrogens with one attached hydrogen (secondary N) is 2. The summed E-state index contributed by atoms with van der Waals surface area (Å²) in [5.41, 5.74) is 0.166. The molecule has 2 aliphatic rings. The highest BCUT2D eigenvalue weighted by molar-refractivity contribution is 14.0. The molecule has 0 bridgehead atoms. The van der Waals surface area contributed by atoms with E-state index in [1.54, 1.807) is 19.0 Å². The van der Waals surface area contributed by atoms with Crippen LogP contribution < -0.4 is 10.6 Å². The van der Waals surface area contributed by atoms with Gasteiger partial charge in [-0.1, -0.05) is 6.07 Å². The van der Waals surface area contributed by atoms with Crippen LogP contribution in [0.5, 0.6) is 0 Å². The van der Waals surface area contributed by atoms with Crippen LogP contribution in [0.3, 0.4) is 0 Å². The highest BCUT2D eigenvalue weighted by Gasteiger charge is 2.42. The maximum atomic E-state index is 14.0. The van der Waals surface area contributed by atoms with E-state index in [1.165, 1.54) is 18.2 Å². The Labute approximate surface area is 194 Å². The standard InChI is InChI=1S/C21H31F2N5O.HI/c1-4-24-21(25-14-8-10-28(11-9-14)13-19(29)27(2)3)26-18-12-15(18)20-16(22)6-5-7-17(20)23;/h5-7,14-15,18H,4,8-13H2,1-3H3,(H2,24,25,26);1H. The SMILES string of the molecule is CCN=C(NC1CCN(CC(=O)N(C)C)CC1)NC1CC1c1c(F)cccc1F.I. The smallest absolute Gasteiger partial charge is 0.236 e. The van der Waals surface area contributed by atoms with E-state index in [0.29, 0.717) is 25.5 Å². The largest absolute Gasteiger partial charge is 0.354 e. The number of benzene rings is 1. The summed E-state index contributed by atoms with van der Waals surface area (Å²) in [6, 6.07) is 4.25. The van der Waals surface area contributed by atoms with Crippen molar-refractivity contribution in [2.75, 3.05) is 40.3 Å². The molecule has 1 aliphatic heterocycles. The third-order valence-electron chi connectivity index (χ3n) is 5.59. The number of likely N-dealkylation sites (N-methyl/N-ethyl adjacent to an activating group) is 1. The lowest BCUT2D eigenvalue weighted by Crippen LogP contribution is -2.50. The van der Waals surface area contributed by atoms with Crippen LogP contribution in [-0.2, 0) is 4.79 Å². The Balaban J connectivity index is 0.00000320. The van der Waals surface area contributed by atoms with Crippen molar-refractivity contribution >= 4 is 35.8 Å². The number of likely N-dealkylation sites (tertiary alicyclic amines) is 1. The van der Waals surface area contributed by atoms with E-state index in [0.717, 1.165) is 25.9 Å². The van der Waals surface area contributed by atoms with Crippen LogP contribution in [0, 0.1) is 11.6 Å². The van der Waals surface area contributed by atoms with Crippen LogP contribution >= 0.6 is 24.0 Å². The molecule has 1 saturated heterocycles. The van der Waals surface area contributed by atoms with Gasteiger partial charge in [0.05, 0.1) is 6.54 Å². The highest BCUT2D eigenvalue weighted by Crippen LogP contribution is 2.43. The van der Waals surface area contributed by atoms with Gasteiger partial charge in [0.15, 0.2) is 5.96 Å². The molecule has 1 heterocycles. The van der Waals surface area contributed by atoms with Gasteiger partial charge >= 0.3 is 0 Å². The molecule has 1 aromatic carbocycles. The minimum Gasteiger partial charge on any atom is -0.354 e. The van der Waals surface area contributed by atoms with Gasteiger partial charge < -0.3 is 15.5 Å². The normalized spacial score (nSPS) is 22.2. The minimum absolute atomic E-state index is 0. The summed E-state index contributed by atoms with van der Waals surface area (Å²) in [6.45, 7) is 4.73. The average Bonchev–Trinajstić information content (AvgIpc) is 3.41. The van der Waals surface area contributed by atoms with E-state index < -0.39 is 11.6 Å². The van der Waals surface area contributed by atoms with Crippen molar-refractivity contribution in [2.45, 2.75) is 44.2 Å². The fourth-order valence-electron chi connectivity index (χ4n) is 3.77. The van der Waals surface area contributed by atoms with Gasteiger partial charge in [0.2, 0.25) is 5.91 Å². The summed E-state index contributed by atoms with van der Waals surface area (Å²) < 4.78 is 28.0. The number of carbonyl (C=O) groups is 1. The molecule has 0 spiro atoms. The second-order valence-corrected chi connectivity index (χ2v) is 8.03. The molecule has 2 N–H and O–H groups in total. The summed E-state index contributed by atoms with van der Waals surface area (Å²) >= 11 is 0. The minimum atomic E-state index is -0.485. The molecule has 1 saturated carbocycles. The molecule has 1 aliphatic carbocycles. The lowest BCUT2D eigenvalue weighted by atomic mass is 10.1. The maximum absolute atomic E-state index is 14.0. The van der Waals surface area contributed by atoms with Gasteiger partial charge in [-0.3, -0.25) is 14.7 Å². The van der Waals surface area contributed by atoms with Crippen LogP contribution in [0.15, 0.2) is 23.2 Å². The highest BCUT2D eigenvalue weighted by atomic mass is 127. The molecule has 30 heavy (non-hydrogen) atoms. The summed E-state index contributed by atoms with van der Waals surface area (Å²) in [6.07, 6.45) is 2.52. The zero-order chi connectivity index (χ0) is 21.0. The Morgan fingerprint density at radius 2 is 1.83 bits per heavy atom. The molecule has 1 aromatic rings. The van der Waals surface area contributed by atoms with Crippen molar-refractivity contribution in [2.24, 2.45) is 4.99 Å². The van der Waals surface area contributed by atoms with Crippen LogP contribution in [0.4, 0.5) is 8.78 Å². The molecule has 0 aromatic heterocycles. The Kier molecular flexibility index (Phi) is 9.27. The Morgan fingerprint density at radius 3 is 2.40 bits per heavy atom. The maximum Gasteiger partial charge on any atom is 0.236 e. The zero-order valence-corrected chi connectivity index (χ0v) is 20.2. The molecule has 2 fully saturated rings. The predicted molar refractivity (Wildman–Crippen MR) is 125 cm³/mol. The quantitative estimate of drug-likeness (QED) is 0.334. The fraction of sp³-hybridized carbons (Fsp3) is 0.619. The van der Waals surface area contributed by atoms with Crippen LogP contribution in [0.2, 0.25) is 0 Å². The molecule has 2 atom stereocenters. The monoisotopic (exact) mass is 535 g/mol. The number of halogens is 3. The van der Waals surface area contributed by atoms with Gasteiger partial charge in [-0.25, -0.2) is 8.78 Å².